The first-order valence-electron chi connectivity index (χ1n) is 29.4. The molecule has 0 rings (SSSR count). The summed E-state index contributed by atoms with van der Waals surface area (Å²) in [5.74, 6) is -0.182. The lowest BCUT2D eigenvalue weighted by atomic mass is 10.0. The minimum Gasteiger partial charge on any atom is -0.387 e. The summed E-state index contributed by atoms with van der Waals surface area (Å²) in [6.45, 7) is 4.81. The highest BCUT2D eigenvalue weighted by molar-refractivity contribution is 7.47. The fourth-order valence-corrected chi connectivity index (χ4v) is 9.46. The summed E-state index contributed by atoms with van der Waals surface area (Å²) in [5, 5.41) is 13.9. The van der Waals surface area contributed by atoms with Crippen LogP contribution in [-0.2, 0) is 18.4 Å². The van der Waals surface area contributed by atoms with Gasteiger partial charge in [-0.25, -0.2) is 4.57 Å². The van der Waals surface area contributed by atoms with Crippen LogP contribution in [0.5, 0.6) is 0 Å². The molecule has 0 spiro atoms. The van der Waals surface area contributed by atoms with Crippen molar-refractivity contribution in [2.75, 3.05) is 40.9 Å². The van der Waals surface area contributed by atoms with Gasteiger partial charge in [0.2, 0.25) is 5.91 Å². The molecule has 1 amide bonds. The Morgan fingerprint density at radius 3 is 1.24 bits per heavy atom. The smallest absolute Gasteiger partial charge is 0.387 e. The van der Waals surface area contributed by atoms with Crippen molar-refractivity contribution in [2.45, 2.75) is 296 Å². The monoisotopic (exact) mass is 980 g/mol. The number of rotatable bonds is 54. The molecule has 0 aliphatic heterocycles. The number of amides is 1. The molecule has 8 nitrogen and oxygen atoms in total. The fourth-order valence-electron chi connectivity index (χ4n) is 8.72. The maximum absolute atomic E-state index is 13.0. The lowest BCUT2D eigenvalue weighted by molar-refractivity contribution is -0.870. The second-order valence-electron chi connectivity index (χ2n) is 21.4. The van der Waals surface area contributed by atoms with Gasteiger partial charge in [0.05, 0.1) is 39.9 Å². The molecule has 9 heteroatoms. The Morgan fingerprint density at radius 2 is 0.838 bits per heavy atom. The summed E-state index contributed by atoms with van der Waals surface area (Å²) in [4.78, 5) is 23.3. The molecule has 0 aliphatic carbocycles. The predicted octanol–water partition coefficient (Wildman–Crippen LogP) is 17.8. The van der Waals surface area contributed by atoms with Gasteiger partial charge < -0.3 is 19.8 Å². The van der Waals surface area contributed by atoms with Crippen LogP contribution in [0.3, 0.4) is 0 Å². The summed E-state index contributed by atoms with van der Waals surface area (Å²) in [6.07, 6.45) is 65.4. The Morgan fingerprint density at radius 1 is 0.500 bits per heavy atom. The van der Waals surface area contributed by atoms with Crippen molar-refractivity contribution in [3.8, 4) is 0 Å². The highest BCUT2D eigenvalue weighted by Gasteiger charge is 2.27. The number of quaternary nitrogens is 1. The van der Waals surface area contributed by atoms with Crippen LogP contribution in [0.1, 0.15) is 284 Å². The molecule has 0 aromatic carbocycles. The summed E-state index contributed by atoms with van der Waals surface area (Å²) in [7, 11) is 1.57. The zero-order chi connectivity index (χ0) is 49.9. The Balaban J connectivity index is 4.14. The molecular weight excluding hydrogens is 864 g/mol. The molecule has 0 aliphatic rings. The summed E-state index contributed by atoms with van der Waals surface area (Å²) in [6, 6.07) is -0.851. The summed E-state index contributed by atoms with van der Waals surface area (Å²) < 4.78 is 23.7. The van der Waals surface area contributed by atoms with E-state index in [2.05, 4.69) is 43.5 Å². The van der Waals surface area contributed by atoms with E-state index < -0.39 is 20.0 Å². The molecule has 0 heterocycles. The number of carbonyl (C=O) groups excluding carboxylic acids is 1. The van der Waals surface area contributed by atoms with E-state index in [-0.39, 0.29) is 19.1 Å². The molecule has 0 saturated carbocycles. The van der Waals surface area contributed by atoms with E-state index in [9.17, 15) is 19.4 Å². The van der Waals surface area contributed by atoms with Gasteiger partial charge in [0.15, 0.2) is 0 Å². The van der Waals surface area contributed by atoms with Crippen molar-refractivity contribution >= 4 is 13.7 Å². The summed E-state index contributed by atoms with van der Waals surface area (Å²) in [5.41, 5.74) is 0. The van der Waals surface area contributed by atoms with Crippen molar-refractivity contribution in [3.63, 3.8) is 0 Å². The van der Waals surface area contributed by atoms with Crippen LogP contribution in [0.15, 0.2) is 36.5 Å². The van der Waals surface area contributed by atoms with Gasteiger partial charge >= 0.3 is 7.82 Å². The molecule has 0 saturated heterocycles. The molecular formula is C59H116N2O6P+. The van der Waals surface area contributed by atoms with Gasteiger partial charge in [-0.15, -0.1) is 0 Å². The van der Waals surface area contributed by atoms with Crippen LogP contribution < -0.4 is 5.32 Å². The Kier molecular flexibility index (Phi) is 49.7. The van der Waals surface area contributed by atoms with E-state index in [0.717, 1.165) is 51.4 Å². The minimum atomic E-state index is -4.35. The van der Waals surface area contributed by atoms with Crippen LogP contribution >= 0.6 is 7.82 Å². The van der Waals surface area contributed by atoms with E-state index in [0.29, 0.717) is 17.4 Å². The van der Waals surface area contributed by atoms with E-state index >= 15 is 0 Å². The zero-order valence-electron chi connectivity index (χ0n) is 45.9. The largest absolute Gasteiger partial charge is 0.472 e. The van der Waals surface area contributed by atoms with Crippen molar-refractivity contribution in [1.82, 2.24) is 5.32 Å². The van der Waals surface area contributed by atoms with Gasteiger partial charge in [-0.3, -0.25) is 13.8 Å². The predicted molar refractivity (Wildman–Crippen MR) is 295 cm³/mol. The Bertz CT molecular complexity index is 1200. The maximum Gasteiger partial charge on any atom is 0.472 e. The number of hydrogen-bond acceptors (Lipinski definition) is 5. The Hall–Kier alpha value is -1.28. The van der Waals surface area contributed by atoms with Gasteiger partial charge in [-0.2, -0.15) is 0 Å². The number of phosphoric ester groups is 1. The number of phosphoric acid groups is 1. The average molecular weight is 981 g/mol. The van der Waals surface area contributed by atoms with Gasteiger partial charge in [-0.1, -0.05) is 262 Å². The lowest BCUT2D eigenvalue weighted by Crippen LogP contribution is -2.45. The first kappa shape index (κ1) is 66.7. The number of likely N-dealkylation sites (N-methyl/N-ethyl adjacent to an activating group) is 1. The molecule has 3 N–H and O–H groups in total. The second kappa shape index (κ2) is 50.7. The van der Waals surface area contributed by atoms with Crippen LogP contribution in [0.4, 0.5) is 0 Å². The number of aliphatic hydroxyl groups is 1. The third kappa shape index (κ3) is 52.5. The molecule has 68 heavy (non-hydrogen) atoms. The first-order chi connectivity index (χ1) is 33.0. The first-order valence-corrected chi connectivity index (χ1v) is 30.9. The normalized spacial score (nSPS) is 14.2. The number of unbranched alkanes of at least 4 members (excludes halogenated alkanes) is 37. The second-order valence-corrected chi connectivity index (χ2v) is 22.8. The van der Waals surface area contributed by atoms with Gasteiger partial charge in [0.25, 0.3) is 0 Å². The quantitative estimate of drug-likeness (QED) is 0.0243. The minimum absolute atomic E-state index is 0.0601. The van der Waals surface area contributed by atoms with E-state index in [1.165, 1.54) is 212 Å². The molecule has 0 radical (unpaired) electrons. The number of carbonyl (C=O) groups is 1. The lowest BCUT2D eigenvalue weighted by Gasteiger charge is -2.25. The van der Waals surface area contributed by atoms with Gasteiger partial charge in [0.1, 0.15) is 13.2 Å². The molecule has 3 atom stereocenters. The van der Waals surface area contributed by atoms with E-state index in [4.69, 9.17) is 9.05 Å². The number of nitrogens with one attached hydrogen (secondary N) is 1. The van der Waals surface area contributed by atoms with Crippen LogP contribution in [-0.4, -0.2) is 73.4 Å². The third-order valence-corrected chi connectivity index (χ3v) is 14.3. The molecule has 3 unspecified atom stereocenters. The molecule has 0 aromatic heterocycles. The number of aliphatic hydroxyl groups excluding tert-OH is 1. The van der Waals surface area contributed by atoms with E-state index in [1.807, 2.05) is 27.2 Å². The van der Waals surface area contributed by atoms with Crippen molar-refractivity contribution < 1.29 is 32.9 Å². The number of allylic oxidation sites excluding steroid dienone is 5. The zero-order valence-corrected chi connectivity index (χ0v) is 46.8. The van der Waals surface area contributed by atoms with Gasteiger partial charge in [0, 0.05) is 6.42 Å². The maximum atomic E-state index is 13.0. The molecule has 0 aromatic rings. The SMILES string of the molecule is CCCCC/C=C\C/C=C\CCCCCCCCCC(=O)NC(COP(=O)(O)OCC[N+](C)(C)C)C(O)/C=C/CCCCCCCCCCCCCCCCCCCCCCCCCCCCC. The van der Waals surface area contributed by atoms with Crippen molar-refractivity contribution in [2.24, 2.45) is 0 Å². The topological polar surface area (TPSA) is 105 Å². The highest BCUT2D eigenvalue weighted by atomic mass is 31.2. The van der Waals surface area contributed by atoms with Crippen molar-refractivity contribution in [3.05, 3.63) is 36.5 Å². The standard InChI is InChI=1S/C59H115N2O6P/c1-6-8-10-12-14-16-18-20-22-24-25-26-27-28-29-30-31-32-33-34-35-37-38-40-42-44-46-48-50-52-58(62)57(56-67-68(64,65)66-55-54-61(3,4)5)60-59(63)53-51-49-47-45-43-41-39-36-23-21-19-17-15-13-11-9-7-2/h15,17,21,23,50,52,57-58,62H,6-14,16,18-20,22,24-49,51,53-56H2,1-5H3,(H-,60,63,64,65)/p+1/b17-15-,23-21-,52-50+. The summed E-state index contributed by atoms with van der Waals surface area (Å²) >= 11 is 0. The third-order valence-electron chi connectivity index (χ3n) is 13.4. The average Bonchev–Trinajstić information content (AvgIpc) is 3.30. The Labute approximate surface area is 423 Å². The van der Waals surface area contributed by atoms with Crippen LogP contribution in [0, 0.1) is 0 Å². The molecule has 0 bridgehead atoms. The van der Waals surface area contributed by atoms with Crippen LogP contribution in [0.25, 0.3) is 0 Å². The van der Waals surface area contributed by atoms with Gasteiger partial charge in [-0.05, 0) is 51.4 Å². The fraction of sp³-hybridized carbons (Fsp3) is 0.881. The van der Waals surface area contributed by atoms with Crippen molar-refractivity contribution in [1.29, 1.82) is 0 Å². The molecule has 402 valence electrons. The highest BCUT2D eigenvalue weighted by Crippen LogP contribution is 2.43. The number of nitrogens with zero attached hydrogens (tertiary/aromatic N) is 1. The molecule has 0 fully saturated rings. The van der Waals surface area contributed by atoms with E-state index in [1.54, 1.807) is 6.08 Å². The number of hydrogen-bond donors (Lipinski definition) is 3. The van der Waals surface area contributed by atoms with Crippen LogP contribution in [0.2, 0.25) is 0 Å².